The second-order valence-electron chi connectivity index (χ2n) is 1.24. The smallest absolute Gasteiger partial charge is 0.240 e. The summed E-state index contributed by atoms with van der Waals surface area (Å²) in [6.45, 7) is 0. The highest BCUT2D eigenvalue weighted by molar-refractivity contribution is 5.93. The second kappa shape index (κ2) is 2.12. The Labute approximate surface area is 50.0 Å². The maximum absolute atomic E-state index is 8.05. The molecule has 1 aromatic rings. The number of nitrogens with two attached hydrogens (primary N) is 1. The minimum absolute atomic E-state index is 0.0810. The van der Waals surface area contributed by atoms with Crippen molar-refractivity contribution in [3.63, 3.8) is 0 Å². The molecule has 3 N–H and O–H groups in total. The molecule has 6 nitrogen and oxygen atoms in total. The van der Waals surface area contributed by atoms with E-state index in [1.54, 1.807) is 0 Å². The summed E-state index contributed by atoms with van der Waals surface area (Å²) in [6.07, 6.45) is 1.09. The van der Waals surface area contributed by atoms with Gasteiger partial charge in [0.2, 0.25) is 18.1 Å². The zero-order valence-corrected chi connectivity index (χ0v) is 4.35. The predicted octanol–water partition coefficient (Wildman–Crippen LogP) is -0.836. The number of amidine groups is 1. The molecule has 0 aliphatic rings. The predicted molar refractivity (Wildman–Crippen MR) is 26.8 cm³/mol. The van der Waals surface area contributed by atoms with Gasteiger partial charge in [-0.15, -0.1) is 0 Å². The number of hydrogen-bond donors (Lipinski definition) is 2. The van der Waals surface area contributed by atoms with Gasteiger partial charge in [-0.3, -0.25) is 0 Å². The van der Waals surface area contributed by atoms with E-state index in [0.29, 0.717) is 0 Å². The summed E-state index contributed by atoms with van der Waals surface area (Å²) in [7, 11) is 0. The Morgan fingerprint density at radius 2 is 2.67 bits per heavy atom. The molecule has 0 spiro atoms. The van der Waals surface area contributed by atoms with Crippen molar-refractivity contribution in [2.75, 3.05) is 0 Å². The van der Waals surface area contributed by atoms with Crippen LogP contribution in [-0.4, -0.2) is 21.2 Å². The minimum atomic E-state index is -0.163. The van der Waals surface area contributed by atoms with Crippen molar-refractivity contribution in [3.8, 4) is 0 Å². The minimum Gasteiger partial charge on any atom is -0.409 e. The van der Waals surface area contributed by atoms with E-state index in [4.69, 9.17) is 10.9 Å². The molecule has 1 heterocycles. The monoisotopic (exact) mass is 128 g/mol. The van der Waals surface area contributed by atoms with E-state index in [0.717, 1.165) is 6.39 Å². The molecule has 48 valence electrons. The summed E-state index contributed by atoms with van der Waals surface area (Å²) >= 11 is 0. The van der Waals surface area contributed by atoms with Gasteiger partial charge in [-0.25, -0.2) is 0 Å². The lowest BCUT2D eigenvalue weighted by Crippen LogP contribution is -2.14. The largest absolute Gasteiger partial charge is 0.409 e. The number of rotatable bonds is 1. The van der Waals surface area contributed by atoms with Crippen molar-refractivity contribution >= 4 is 5.84 Å². The molecule has 0 aliphatic carbocycles. The van der Waals surface area contributed by atoms with Gasteiger partial charge in [-0.2, -0.15) is 4.98 Å². The van der Waals surface area contributed by atoms with Gasteiger partial charge in [-0.05, 0) is 0 Å². The van der Waals surface area contributed by atoms with E-state index in [-0.39, 0.29) is 11.7 Å². The van der Waals surface area contributed by atoms with Crippen molar-refractivity contribution < 1.29 is 9.73 Å². The van der Waals surface area contributed by atoms with Crippen LogP contribution >= 0.6 is 0 Å². The van der Waals surface area contributed by atoms with E-state index in [2.05, 4.69) is 19.8 Å². The van der Waals surface area contributed by atoms with Crippen LogP contribution in [0.1, 0.15) is 5.82 Å². The molecule has 0 saturated heterocycles. The summed E-state index contributed by atoms with van der Waals surface area (Å²) in [6, 6.07) is 0. The van der Waals surface area contributed by atoms with Gasteiger partial charge in [0.25, 0.3) is 0 Å². The fourth-order valence-corrected chi connectivity index (χ4v) is 0.328. The third-order valence-corrected chi connectivity index (χ3v) is 0.698. The van der Waals surface area contributed by atoms with Crippen molar-refractivity contribution in [2.45, 2.75) is 0 Å². The number of oxime groups is 1. The van der Waals surface area contributed by atoms with Crippen LogP contribution in [0.2, 0.25) is 0 Å². The first-order valence-electron chi connectivity index (χ1n) is 2.09. The molecule has 0 fully saturated rings. The second-order valence-corrected chi connectivity index (χ2v) is 1.24. The normalized spacial score (nSPS) is 11.8. The fourth-order valence-electron chi connectivity index (χ4n) is 0.328. The van der Waals surface area contributed by atoms with Crippen molar-refractivity contribution in [1.29, 1.82) is 0 Å². The summed E-state index contributed by atoms with van der Waals surface area (Å²) < 4.78 is 4.30. The van der Waals surface area contributed by atoms with Crippen LogP contribution in [0.15, 0.2) is 16.1 Å². The van der Waals surface area contributed by atoms with E-state index in [1.807, 2.05) is 0 Å². The van der Waals surface area contributed by atoms with E-state index in [1.165, 1.54) is 0 Å². The highest BCUT2D eigenvalue weighted by Gasteiger charge is 2.01. The first kappa shape index (κ1) is 5.54. The molecular weight excluding hydrogens is 124 g/mol. The van der Waals surface area contributed by atoms with Gasteiger partial charge < -0.3 is 15.5 Å². The SMILES string of the molecule is N/C(=N/O)c1ncon1. The highest BCUT2D eigenvalue weighted by atomic mass is 16.5. The summed E-state index contributed by atoms with van der Waals surface area (Å²) in [5.41, 5.74) is 5.05. The third-order valence-electron chi connectivity index (χ3n) is 0.698. The highest BCUT2D eigenvalue weighted by Crippen LogP contribution is 1.84. The molecular formula is C3H4N4O2. The first-order valence-corrected chi connectivity index (χ1v) is 2.09. The summed E-state index contributed by atoms with van der Waals surface area (Å²) in [5, 5.41) is 14.0. The van der Waals surface area contributed by atoms with Crippen molar-refractivity contribution in [2.24, 2.45) is 10.9 Å². The molecule has 0 radical (unpaired) electrons. The molecule has 0 aliphatic heterocycles. The molecule has 1 aromatic heterocycles. The Hall–Kier alpha value is -1.59. The number of aromatic nitrogens is 2. The van der Waals surface area contributed by atoms with Crippen LogP contribution in [0.3, 0.4) is 0 Å². The standard InChI is InChI=1S/C3H4N4O2/c4-2(6-8)3-5-1-9-7-3/h1,8H,(H2,4,6). The third kappa shape index (κ3) is 0.958. The molecule has 0 aromatic carbocycles. The molecule has 9 heavy (non-hydrogen) atoms. The average molecular weight is 128 g/mol. The lowest BCUT2D eigenvalue weighted by Gasteiger charge is -1.83. The van der Waals surface area contributed by atoms with Crippen LogP contribution in [0.4, 0.5) is 0 Å². The molecule has 6 heteroatoms. The maximum atomic E-state index is 8.05. The van der Waals surface area contributed by atoms with Crippen molar-refractivity contribution in [3.05, 3.63) is 12.2 Å². The molecule has 1 rings (SSSR count). The van der Waals surface area contributed by atoms with Gasteiger partial charge in [0.05, 0.1) is 0 Å². The number of hydrogen-bond acceptors (Lipinski definition) is 5. The number of nitrogens with zero attached hydrogens (tertiary/aromatic N) is 3. The van der Waals surface area contributed by atoms with Gasteiger partial charge in [0.15, 0.2) is 0 Å². The van der Waals surface area contributed by atoms with Crippen LogP contribution < -0.4 is 5.73 Å². The molecule has 0 bridgehead atoms. The Kier molecular flexibility index (Phi) is 1.31. The Morgan fingerprint density at radius 1 is 1.89 bits per heavy atom. The first-order chi connectivity index (χ1) is 4.34. The lowest BCUT2D eigenvalue weighted by atomic mass is 10.6. The fraction of sp³-hybridized carbons (Fsp3) is 0. The quantitative estimate of drug-likeness (QED) is 0.222. The van der Waals surface area contributed by atoms with Crippen LogP contribution in [-0.2, 0) is 0 Å². The van der Waals surface area contributed by atoms with Gasteiger partial charge in [0.1, 0.15) is 0 Å². The Balaban J connectivity index is 2.90. The topological polar surface area (TPSA) is 97.5 Å². The molecule has 0 saturated carbocycles. The van der Waals surface area contributed by atoms with E-state index in [9.17, 15) is 0 Å². The summed E-state index contributed by atoms with van der Waals surface area (Å²) in [5.74, 6) is -0.0822. The van der Waals surface area contributed by atoms with Gasteiger partial charge >= 0.3 is 0 Å². The summed E-state index contributed by atoms with van der Waals surface area (Å²) in [4.78, 5) is 3.49. The van der Waals surface area contributed by atoms with Gasteiger partial charge in [0, 0.05) is 0 Å². The molecule has 0 atom stereocenters. The van der Waals surface area contributed by atoms with Crippen molar-refractivity contribution in [1.82, 2.24) is 10.1 Å². The Bertz CT molecular complexity index is 204. The molecule has 0 amide bonds. The lowest BCUT2D eigenvalue weighted by molar-refractivity contribution is 0.318. The van der Waals surface area contributed by atoms with E-state index < -0.39 is 0 Å². The average Bonchev–Trinajstić information content (AvgIpc) is 2.37. The van der Waals surface area contributed by atoms with Gasteiger partial charge in [-0.1, -0.05) is 10.3 Å². The van der Waals surface area contributed by atoms with Crippen LogP contribution in [0.25, 0.3) is 0 Å². The van der Waals surface area contributed by atoms with E-state index >= 15 is 0 Å². The zero-order chi connectivity index (χ0) is 6.69. The van der Waals surface area contributed by atoms with Crippen LogP contribution in [0, 0.1) is 0 Å². The molecule has 0 unspecified atom stereocenters. The zero-order valence-electron chi connectivity index (χ0n) is 4.35. The Morgan fingerprint density at radius 3 is 3.11 bits per heavy atom. The maximum Gasteiger partial charge on any atom is 0.240 e. The van der Waals surface area contributed by atoms with Crippen LogP contribution in [0.5, 0.6) is 0 Å².